The van der Waals surface area contributed by atoms with Crippen LogP contribution >= 0.6 is 0 Å². The minimum absolute atomic E-state index is 0.372. The van der Waals surface area contributed by atoms with Crippen molar-refractivity contribution in [1.29, 1.82) is 0 Å². The van der Waals surface area contributed by atoms with Gasteiger partial charge in [-0.05, 0) is 77.6 Å². The molecule has 2 unspecified atom stereocenters. The molecule has 2 atom stereocenters. The van der Waals surface area contributed by atoms with E-state index in [9.17, 15) is 0 Å². The average Bonchev–Trinajstić information content (AvgIpc) is 3.57. The van der Waals surface area contributed by atoms with Crippen molar-refractivity contribution < 1.29 is 4.42 Å². The van der Waals surface area contributed by atoms with Crippen LogP contribution in [0.4, 0.5) is 5.69 Å². The number of furan rings is 1. The minimum Gasteiger partial charge on any atom is -0.454 e. The summed E-state index contributed by atoms with van der Waals surface area (Å²) in [5.74, 6) is 0.790. The lowest BCUT2D eigenvalue weighted by atomic mass is 9.90. The molecule has 232 valence electrons. The first kappa shape index (κ1) is 28.6. The van der Waals surface area contributed by atoms with E-state index >= 15 is 0 Å². The number of allylic oxidation sites excluding steroid dienone is 7. The van der Waals surface area contributed by atoms with E-state index in [2.05, 4.69) is 169 Å². The molecule has 9 rings (SSSR count). The van der Waals surface area contributed by atoms with E-state index < -0.39 is 0 Å². The number of hydrogen-bond donors (Lipinski definition) is 0. The second kappa shape index (κ2) is 12.2. The van der Waals surface area contributed by atoms with E-state index in [-0.39, 0.29) is 0 Å². The molecular weight excluding hydrogens is 583 g/mol. The molecule has 1 heterocycles. The molecule has 6 aromatic rings. The van der Waals surface area contributed by atoms with Gasteiger partial charge in [0.15, 0.2) is 5.42 Å². The molecule has 0 saturated carbocycles. The van der Waals surface area contributed by atoms with Crippen LogP contribution in [0.25, 0.3) is 44.6 Å². The molecule has 0 fully saturated rings. The van der Waals surface area contributed by atoms with Gasteiger partial charge in [0.05, 0.1) is 5.70 Å². The van der Waals surface area contributed by atoms with Gasteiger partial charge in [0.25, 0.3) is 0 Å². The number of rotatable bonds is 6. The first-order valence-electron chi connectivity index (χ1n) is 17.2. The van der Waals surface area contributed by atoms with Crippen LogP contribution < -0.4 is 15.5 Å². The average molecular weight is 620 g/mol. The molecule has 0 radical (unpaired) electrons. The highest BCUT2D eigenvalue weighted by Crippen LogP contribution is 2.37. The number of fused-ring (bicyclic) bond motifs is 5. The Balaban J connectivity index is 1.25. The maximum Gasteiger partial charge on any atom is 0.154 e. The first-order chi connectivity index (χ1) is 23.8. The van der Waals surface area contributed by atoms with Gasteiger partial charge in [-0.1, -0.05) is 140 Å². The maximum atomic E-state index is 7.10. The summed E-state index contributed by atoms with van der Waals surface area (Å²) in [5, 5.41) is 4.76. The zero-order valence-corrected chi connectivity index (χ0v) is 26.9. The second-order valence-electron chi connectivity index (χ2n) is 13.1. The van der Waals surface area contributed by atoms with Crippen molar-refractivity contribution in [3.05, 3.63) is 185 Å². The van der Waals surface area contributed by atoms with Crippen LogP contribution in [0.5, 0.6) is 0 Å². The lowest BCUT2D eigenvalue weighted by Gasteiger charge is -2.31. The lowest BCUT2D eigenvalue weighted by molar-refractivity contribution is 0.568. The van der Waals surface area contributed by atoms with Gasteiger partial charge in [-0.25, -0.2) is 0 Å². The van der Waals surface area contributed by atoms with Gasteiger partial charge >= 0.3 is 0 Å². The molecule has 2 nitrogen and oxygen atoms in total. The topological polar surface area (TPSA) is 16.4 Å². The number of hydrogen-bond acceptors (Lipinski definition) is 2. The first-order valence-corrected chi connectivity index (χ1v) is 17.2. The van der Waals surface area contributed by atoms with Gasteiger partial charge in [0, 0.05) is 39.2 Å². The van der Waals surface area contributed by atoms with Gasteiger partial charge in [-0.15, -0.1) is 0 Å². The summed E-state index contributed by atoms with van der Waals surface area (Å²) >= 11 is 0. The Labute approximate surface area is 281 Å². The smallest absolute Gasteiger partial charge is 0.154 e. The zero-order valence-electron chi connectivity index (χ0n) is 26.9. The molecule has 1 aromatic heterocycles. The van der Waals surface area contributed by atoms with E-state index in [4.69, 9.17) is 4.42 Å². The van der Waals surface area contributed by atoms with Crippen LogP contribution in [-0.2, 0) is 0 Å². The Morgan fingerprint density at radius 2 is 1.42 bits per heavy atom. The van der Waals surface area contributed by atoms with E-state index in [1.165, 1.54) is 55.3 Å². The van der Waals surface area contributed by atoms with Crippen LogP contribution in [0.1, 0.15) is 48.6 Å². The predicted octanol–water partition coefficient (Wildman–Crippen LogP) is 10.7. The third-order valence-corrected chi connectivity index (χ3v) is 10.2. The van der Waals surface area contributed by atoms with Crippen molar-refractivity contribution >= 4 is 39.2 Å². The molecular formula is C46H37NO. The third-order valence-electron chi connectivity index (χ3n) is 10.2. The lowest BCUT2D eigenvalue weighted by Crippen LogP contribution is -2.35. The molecule has 48 heavy (non-hydrogen) atoms. The van der Waals surface area contributed by atoms with Crippen molar-refractivity contribution in [2.45, 2.75) is 37.5 Å². The fourth-order valence-corrected chi connectivity index (χ4v) is 7.77. The molecule has 0 amide bonds. The van der Waals surface area contributed by atoms with Crippen molar-refractivity contribution in [3.63, 3.8) is 0 Å². The van der Waals surface area contributed by atoms with Crippen LogP contribution in [-0.4, -0.2) is 0 Å². The fraction of sp³-hybridized carbons (Fsp3) is 0.130. The predicted molar refractivity (Wildman–Crippen MR) is 201 cm³/mol. The largest absolute Gasteiger partial charge is 0.454 e. The standard InChI is InChI=1S/C46H37NO/c1-4-13-32(14-5-1)34-23-27-38(28-24-34)47(39-29-25-35(26-30-39)33-15-6-2-7-16-33)43-22-12-21-41-44-42(36-17-8-3-9-18-36)31-37-19-10-11-20-40(37)46(44)48-45(41)43/h1-11,13-15,17-21,23,25-31,33-34H,12,16,22,24H2. The Morgan fingerprint density at radius 1 is 0.667 bits per heavy atom. The number of anilines is 1. The normalized spacial score (nSPS) is 18.5. The highest BCUT2D eigenvalue weighted by Gasteiger charge is 2.25. The third kappa shape index (κ3) is 5.05. The molecule has 0 spiro atoms. The molecule has 0 bridgehead atoms. The Bertz CT molecular complexity index is 2390. The number of nitrogens with zero attached hydrogens (tertiary/aromatic N) is 1. The van der Waals surface area contributed by atoms with Gasteiger partial charge in [-0.3, -0.25) is 0 Å². The quantitative estimate of drug-likeness (QED) is 0.184. The van der Waals surface area contributed by atoms with Gasteiger partial charge < -0.3 is 9.32 Å². The van der Waals surface area contributed by atoms with Crippen molar-refractivity contribution in [2.24, 2.45) is 0 Å². The van der Waals surface area contributed by atoms with E-state index in [1.807, 2.05) is 0 Å². The summed E-state index contributed by atoms with van der Waals surface area (Å²) in [5.41, 5.74) is 10.7. The summed E-state index contributed by atoms with van der Waals surface area (Å²) in [7, 11) is 0. The fourth-order valence-electron chi connectivity index (χ4n) is 7.77. The highest BCUT2D eigenvalue weighted by molar-refractivity contribution is 6.11. The summed E-state index contributed by atoms with van der Waals surface area (Å²) in [6.45, 7) is 0. The summed E-state index contributed by atoms with van der Waals surface area (Å²) in [6, 6.07) is 41.8. The summed E-state index contributed by atoms with van der Waals surface area (Å²) < 4.78 is 7.10. The Hall–Kier alpha value is -5.60. The van der Waals surface area contributed by atoms with Crippen LogP contribution in [0.15, 0.2) is 168 Å². The molecule has 0 aliphatic heterocycles. The Morgan fingerprint density at radius 3 is 2.19 bits per heavy atom. The van der Waals surface area contributed by atoms with Crippen molar-refractivity contribution in [2.75, 3.05) is 4.90 Å². The molecule has 2 heteroatoms. The second-order valence-corrected chi connectivity index (χ2v) is 13.1. The van der Waals surface area contributed by atoms with E-state index in [0.717, 1.165) is 42.1 Å². The van der Waals surface area contributed by atoms with Gasteiger partial charge in [0.2, 0.25) is 0 Å². The van der Waals surface area contributed by atoms with E-state index in [0.29, 0.717) is 11.8 Å². The minimum atomic E-state index is 0.372. The molecule has 0 saturated heterocycles. The Kier molecular flexibility index (Phi) is 7.28. The summed E-state index contributed by atoms with van der Waals surface area (Å²) in [4.78, 5) is 2.47. The van der Waals surface area contributed by atoms with Crippen molar-refractivity contribution in [1.82, 2.24) is 0 Å². The SMILES string of the molecule is C1=CCC(c2ccc(N(C3=CCC(c4ccccc4)C=C3)C3=c4oc5c(c(-c6ccccc6)cc6ccccc65)c4=CCC3)cc2)C=C1. The van der Waals surface area contributed by atoms with Crippen molar-refractivity contribution in [3.8, 4) is 11.1 Å². The van der Waals surface area contributed by atoms with E-state index in [1.54, 1.807) is 0 Å². The maximum absolute atomic E-state index is 7.10. The van der Waals surface area contributed by atoms with Crippen LogP contribution in [0.3, 0.4) is 0 Å². The molecule has 5 aromatic carbocycles. The molecule has 3 aliphatic carbocycles. The zero-order chi connectivity index (χ0) is 31.9. The van der Waals surface area contributed by atoms with Gasteiger partial charge in [-0.2, -0.15) is 0 Å². The molecule has 3 aliphatic rings. The number of benzene rings is 5. The van der Waals surface area contributed by atoms with Crippen LogP contribution in [0, 0.1) is 0 Å². The van der Waals surface area contributed by atoms with Gasteiger partial charge in [0.1, 0.15) is 5.58 Å². The van der Waals surface area contributed by atoms with Crippen LogP contribution in [0.2, 0.25) is 0 Å². The molecule has 0 N–H and O–H groups in total. The highest BCUT2D eigenvalue weighted by atomic mass is 16.3. The monoisotopic (exact) mass is 619 g/mol. The summed E-state index contributed by atoms with van der Waals surface area (Å²) in [6.07, 6.45) is 22.2.